The molecule has 2 heterocycles. The number of nitrogens with one attached hydrogen (secondary N) is 1. The number of aryl methyl sites for hydroxylation is 2. The lowest BCUT2D eigenvalue weighted by Gasteiger charge is -2.15. The summed E-state index contributed by atoms with van der Waals surface area (Å²) < 4.78 is 1.70. The summed E-state index contributed by atoms with van der Waals surface area (Å²) in [5, 5.41) is 3.64. The molecule has 3 rings (SSSR count). The Morgan fingerprint density at radius 1 is 1.42 bits per heavy atom. The second-order valence-corrected chi connectivity index (χ2v) is 7.06. The highest BCUT2D eigenvalue weighted by Crippen LogP contribution is 2.32. The van der Waals surface area contributed by atoms with Crippen LogP contribution in [0.2, 0.25) is 0 Å². The smallest absolute Gasteiger partial charge is 0.257 e. The van der Waals surface area contributed by atoms with Crippen molar-refractivity contribution in [3.05, 3.63) is 51.4 Å². The van der Waals surface area contributed by atoms with E-state index in [1.807, 2.05) is 45.0 Å². The molecule has 0 aliphatic carbocycles. The molecule has 1 atom stereocenters. The molecule has 24 heavy (non-hydrogen) atoms. The Labute approximate surface area is 145 Å². The Bertz CT molecular complexity index is 845. The van der Waals surface area contributed by atoms with Crippen molar-refractivity contribution in [3.63, 3.8) is 0 Å². The first-order valence-electron chi connectivity index (χ1n) is 8.11. The van der Waals surface area contributed by atoms with E-state index < -0.39 is 0 Å². The van der Waals surface area contributed by atoms with Crippen molar-refractivity contribution >= 4 is 23.4 Å². The van der Waals surface area contributed by atoms with Gasteiger partial charge in [0.15, 0.2) is 5.16 Å². The Morgan fingerprint density at radius 3 is 2.92 bits per heavy atom. The standard InChI is InChI=1S/C18H21N3O2S/c1-4-15-12(3)19-18-21(17(15)23)14(10-24-18)9-16(22)20-13-7-5-6-11(2)8-13/h5-8,14H,4,9-10H2,1-3H3,(H,20,22). The quantitative estimate of drug-likeness (QED) is 0.867. The maximum atomic E-state index is 12.7. The summed E-state index contributed by atoms with van der Waals surface area (Å²) in [7, 11) is 0. The van der Waals surface area contributed by atoms with E-state index in [1.54, 1.807) is 16.3 Å². The summed E-state index contributed by atoms with van der Waals surface area (Å²) in [6.45, 7) is 5.82. The Morgan fingerprint density at radius 2 is 2.21 bits per heavy atom. The molecule has 1 N–H and O–H groups in total. The van der Waals surface area contributed by atoms with Crippen molar-refractivity contribution in [1.82, 2.24) is 9.55 Å². The second kappa shape index (κ2) is 6.81. The molecule has 1 aliphatic heterocycles. The van der Waals surface area contributed by atoms with Gasteiger partial charge in [-0.05, 0) is 38.0 Å². The summed E-state index contributed by atoms with van der Waals surface area (Å²) in [5.41, 5.74) is 3.42. The third-order valence-electron chi connectivity index (χ3n) is 4.23. The molecule has 2 aromatic rings. The van der Waals surface area contributed by atoms with E-state index in [2.05, 4.69) is 10.3 Å². The largest absolute Gasteiger partial charge is 0.326 e. The van der Waals surface area contributed by atoms with E-state index in [9.17, 15) is 9.59 Å². The number of rotatable bonds is 4. The van der Waals surface area contributed by atoms with Gasteiger partial charge in [0.05, 0.1) is 6.04 Å². The summed E-state index contributed by atoms with van der Waals surface area (Å²) in [6.07, 6.45) is 0.937. The molecule has 1 aromatic carbocycles. The molecule has 0 radical (unpaired) electrons. The van der Waals surface area contributed by atoms with Gasteiger partial charge < -0.3 is 5.32 Å². The van der Waals surface area contributed by atoms with Crippen molar-refractivity contribution in [2.24, 2.45) is 0 Å². The zero-order valence-electron chi connectivity index (χ0n) is 14.1. The molecule has 5 nitrogen and oxygen atoms in total. The van der Waals surface area contributed by atoms with Crippen molar-refractivity contribution in [1.29, 1.82) is 0 Å². The fourth-order valence-electron chi connectivity index (χ4n) is 3.03. The predicted molar refractivity (Wildman–Crippen MR) is 96.8 cm³/mol. The highest BCUT2D eigenvalue weighted by molar-refractivity contribution is 7.99. The SMILES string of the molecule is CCc1c(C)nc2n(c1=O)C(CC(=O)Nc1cccc(C)c1)CS2. The van der Waals surface area contributed by atoms with Gasteiger partial charge in [0.1, 0.15) is 0 Å². The zero-order chi connectivity index (χ0) is 17.3. The highest BCUT2D eigenvalue weighted by atomic mass is 32.2. The average molecular weight is 343 g/mol. The maximum absolute atomic E-state index is 12.7. The molecular weight excluding hydrogens is 322 g/mol. The molecule has 6 heteroatoms. The third-order valence-corrected chi connectivity index (χ3v) is 5.33. The van der Waals surface area contributed by atoms with Crippen molar-refractivity contribution in [2.45, 2.75) is 44.8 Å². The van der Waals surface area contributed by atoms with Crippen LogP contribution in [-0.2, 0) is 11.2 Å². The first-order chi connectivity index (χ1) is 11.5. The average Bonchev–Trinajstić information content (AvgIpc) is 2.90. The number of fused-ring (bicyclic) bond motifs is 1. The van der Waals surface area contributed by atoms with E-state index in [-0.39, 0.29) is 23.9 Å². The minimum atomic E-state index is -0.138. The highest BCUT2D eigenvalue weighted by Gasteiger charge is 2.28. The molecule has 1 aliphatic rings. The van der Waals surface area contributed by atoms with Gasteiger partial charge in [0.2, 0.25) is 5.91 Å². The van der Waals surface area contributed by atoms with Gasteiger partial charge in [0, 0.05) is 29.1 Å². The normalized spacial score (nSPS) is 16.0. The summed E-state index contributed by atoms with van der Waals surface area (Å²) in [6, 6.07) is 7.56. The van der Waals surface area contributed by atoms with Gasteiger partial charge >= 0.3 is 0 Å². The van der Waals surface area contributed by atoms with Crippen molar-refractivity contribution < 1.29 is 4.79 Å². The topological polar surface area (TPSA) is 64.0 Å². The summed E-state index contributed by atoms with van der Waals surface area (Å²) in [4.78, 5) is 29.6. The van der Waals surface area contributed by atoms with Crippen molar-refractivity contribution in [3.8, 4) is 0 Å². The van der Waals surface area contributed by atoms with Gasteiger partial charge in [-0.15, -0.1) is 0 Å². The van der Waals surface area contributed by atoms with Crippen molar-refractivity contribution in [2.75, 3.05) is 11.1 Å². The fourth-order valence-corrected chi connectivity index (χ4v) is 4.21. The summed E-state index contributed by atoms with van der Waals surface area (Å²) in [5.74, 6) is 0.625. The Hall–Kier alpha value is -2.08. The molecular formula is C18H21N3O2S. The van der Waals surface area contributed by atoms with E-state index in [4.69, 9.17) is 0 Å². The molecule has 0 fully saturated rings. The van der Waals surface area contributed by atoms with Gasteiger partial charge in [0.25, 0.3) is 5.56 Å². The lowest BCUT2D eigenvalue weighted by atomic mass is 10.1. The maximum Gasteiger partial charge on any atom is 0.257 e. The number of thioether (sulfide) groups is 1. The third kappa shape index (κ3) is 3.24. The number of carbonyl (C=O) groups excluding carboxylic acids is 1. The van der Waals surface area contributed by atoms with Crippen LogP contribution in [0.1, 0.15) is 36.2 Å². The number of hydrogen-bond donors (Lipinski definition) is 1. The molecule has 1 aromatic heterocycles. The molecule has 0 spiro atoms. The minimum absolute atomic E-state index is 0.00152. The van der Waals surface area contributed by atoms with Crippen LogP contribution in [-0.4, -0.2) is 21.2 Å². The molecule has 0 saturated carbocycles. The van der Waals surface area contributed by atoms with Crippen LogP contribution >= 0.6 is 11.8 Å². The number of anilines is 1. The Balaban J connectivity index is 1.79. The molecule has 0 bridgehead atoms. The Kier molecular flexibility index (Phi) is 4.76. The number of nitrogens with zero attached hydrogens (tertiary/aromatic N) is 2. The number of amides is 1. The van der Waals surface area contributed by atoms with E-state index in [0.717, 1.165) is 27.7 Å². The summed E-state index contributed by atoms with van der Waals surface area (Å²) >= 11 is 1.55. The minimum Gasteiger partial charge on any atom is -0.326 e. The second-order valence-electron chi connectivity index (χ2n) is 6.07. The van der Waals surface area contributed by atoms with Gasteiger partial charge in [-0.25, -0.2) is 4.98 Å². The number of benzene rings is 1. The first kappa shape index (κ1) is 16.8. The van der Waals surface area contributed by atoms with E-state index in [0.29, 0.717) is 12.2 Å². The fraction of sp³-hybridized carbons (Fsp3) is 0.389. The monoisotopic (exact) mass is 343 g/mol. The van der Waals surface area contributed by atoms with Crippen LogP contribution in [0.15, 0.2) is 34.2 Å². The molecule has 126 valence electrons. The number of aromatic nitrogens is 2. The predicted octanol–water partition coefficient (Wildman–Crippen LogP) is 3.10. The van der Waals surface area contributed by atoms with Crippen LogP contribution in [0.4, 0.5) is 5.69 Å². The van der Waals surface area contributed by atoms with Crippen LogP contribution < -0.4 is 10.9 Å². The van der Waals surface area contributed by atoms with E-state index >= 15 is 0 Å². The molecule has 1 unspecified atom stereocenters. The zero-order valence-corrected chi connectivity index (χ0v) is 14.9. The van der Waals surface area contributed by atoms with Gasteiger partial charge in [-0.3, -0.25) is 14.2 Å². The van der Waals surface area contributed by atoms with Gasteiger partial charge in [-0.2, -0.15) is 0 Å². The number of carbonyl (C=O) groups is 1. The van der Waals surface area contributed by atoms with Crippen LogP contribution in [0.5, 0.6) is 0 Å². The lowest BCUT2D eigenvalue weighted by molar-refractivity contribution is -0.116. The van der Waals surface area contributed by atoms with Crippen LogP contribution in [0, 0.1) is 13.8 Å². The van der Waals surface area contributed by atoms with Gasteiger partial charge in [-0.1, -0.05) is 30.8 Å². The first-order valence-corrected chi connectivity index (χ1v) is 9.09. The van der Waals surface area contributed by atoms with Crippen LogP contribution in [0.3, 0.4) is 0 Å². The number of hydrogen-bond acceptors (Lipinski definition) is 4. The van der Waals surface area contributed by atoms with Crippen LogP contribution in [0.25, 0.3) is 0 Å². The lowest BCUT2D eigenvalue weighted by Crippen LogP contribution is -2.30. The molecule has 1 amide bonds. The van der Waals surface area contributed by atoms with E-state index in [1.165, 1.54) is 0 Å². The molecule has 0 saturated heterocycles.